The van der Waals surface area contributed by atoms with Crippen LogP contribution in [-0.4, -0.2) is 27.3 Å². The number of rotatable bonds is 5. The summed E-state index contributed by atoms with van der Waals surface area (Å²) >= 11 is 0. The van der Waals surface area contributed by atoms with Crippen molar-refractivity contribution in [2.75, 3.05) is 0 Å². The normalized spacial score (nSPS) is 11.1. The van der Waals surface area contributed by atoms with E-state index in [4.69, 9.17) is 0 Å². The zero-order chi connectivity index (χ0) is 15.8. The number of carbonyl (C=O) groups is 1. The third-order valence-corrected chi connectivity index (χ3v) is 2.55. The van der Waals surface area contributed by atoms with E-state index < -0.39 is 17.2 Å². The summed E-state index contributed by atoms with van der Waals surface area (Å²) in [6.07, 6.45) is 4.62. The van der Waals surface area contributed by atoms with E-state index in [1.807, 2.05) is 46.5 Å². The van der Waals surface area contributed by atoms with Crippen LogP contribution in [0.15, 0.2) is 51.1 Å². The predicted molar refractivity (Wildman–Crippen MR) is 81.3 cm³/mol. The van der Waals surface area contributed by atoms with Crippen molar-refractivity contribution in [2.45, 2.75) is 6.42 Å². The summed E-state index contributed by atoms with van der Waals surface area (Å²) in [4.78, 5) is 35.7. The van der Waals surface area contributed by atoms with Crippen LogP contribution in [0.1, 0.15) is 11.3 Å². The molecule has 2 rings (SSSR count). The topological polar surface area (TPSA) is 120 Å². The molecule has 3 N–H and O–H groups in total. The predicted octanol–water partition coefficient (Wildman–Crippen LogP) is -0.184. The van der Waals surface area contributed by atoms with E-state index >= 15 is 0 Å². The summed E-state index contributed by atoms with van der Waals surface area (Å²) in [6.45, 7) is 0. The van der Waals surface area contributed by atoms with Gasteiger partial charge in [-0.15, -0.1) is 0 Å². The summed E-state index contributed by atoms with van der Waals surface area (Å²) < 4.78 is 0. The van der Waals surface area contributed by atoms with Gasteiger partial charge in [-0.3, -0.25) is 14.6 Å². The van der Waals surface area contributed by atoms with Crippen LogP contribution >= 0.6 is 0 Å². The van der Waals surface area contributed by atoms with Crippen molar-refractivity contribution < 1.29 is 4.79 Å². The van der Waals surface area contributed by atoms with Gasteiger partial charge in [0.2, 0.25) is 5.91 Å². The lowest BCUT2D eigenvalue weighted by Gasteiger charge is -1.97. The zero-order valence-electron chi connectivity index (χ0n) is 11.4. The number of benzene rings is 1. The number of hydrazone groups is 1. The van der Waals surface area contributed by atoms with E-state index in [2.05, 4.69) is 15.6 Å². The molecule has 1 aromatic heterocycles. The largest absolute Gasteiger partial charge is 0.342 e. The first kappa shape index (κ1) is 15.1. The van der Waals surface area contributed by atoms with Crippen LogP contribution in [0.5, 0.6) is 0 Å². The van der Waals surface area contributed by atoms with Crippen molar-refractivity contribution in [2.24, 2.45) is 5.10 Å². The molecule has 0 fully saturated rings. The number of nitrogens with zero attached hydrogens (tertiary/aromatic N) is 2. The van der Waals surface area contributed by atoms with Crippen LogP contribution in [0, 0.1) is 0 Å². The minimum absolute atomic E-state index is 0.0906. The van der Waals surface area contributed by atoms with Gasteiger partial charge in [-0.25, -0.2) is 15.3 Å². The van der Waals surface area contributed by atoms with E-state index in [1.54, 1.807) is 6.08 Å². The third kappa shape index (κ3) is 4.67. The smallest absolute Gasteiger partial charge is 0.273 e. The molecule has 2 aromatic rings. The van der Waals surface area contributed by atoms with Crippen LogP contribution in [0.25, 0.3) is 6.08 Å². The van der Waals surface area contributed by atoms with Crippen molar-refractivity contribution in [1.29, 1.82) is 0 Å². The number of carbonyl (C=O) groups excluding carboxylic acids is 1. The minimum atomic E-state index is -0.724. The summed E-state index contributed by atoms with van der Waals surface area (Å²) in [5, 5.41) is 9.25. The average molecular weight is 299 g/mol. The molecule has 0 bridgehead atoms. The SMILES string of the molecule is O=C(Cc1n[nH]c(=O)[nH]c1=O)NN=CC=Cc1ccccc1. The minimum Gasteiger partial charge on any atom is -0.273 e. The molecule has 8 heteroatoms. The maximum absolute atomic E-state index is 11.5. The Morgan fingerprint density at radius 1 is 1.27 bits per heavy atom. The fourth-order valence-corrected chi connectivity index (χ4v) is 1.55. The summed E-state index contributed by atoms with van der Waals surface area (Å²) in [5.74, 6) is -0.519. The molecule has 8 nitrogen and oxygen atoms in total. The van der Waals surface area contributed by atoms with Crippen molar-refractivity contribution >= 4 is 18.2 Å². The number of aromatic nitrogens is 3. The Morgan fingerprint density at radius 2 is 2.05 bits per heavy atom. The molecule has 0 unspecified atom stereocenters. The quantitative estimate of drug-likeness (QED) is 0.523. The van der Waals surface area contributed by atoms with E-state index in [-0.39, 0.29) is 12.1 Å². The summed E-state index contributed by atoms with van der Waals surface area (Å²) in [5.41, 5.74) is 1.74. The number of amides is 1. The molecule has 0 aliphatic heterocycles. The molecule has 22 heavy (non-hydrogen) atoms. The molecule has 0 aliphatic carbocycles. The number of aromatic amines is 2. The van der Waals surface area contributed by atoms with Crippen molar-refractivity contribution in [1.82, 2.24) is 20.6 Å². The molecule has 0 saturated carbocycles. The van der Waals surface area contributed by atoms with Gasteiger partial charge in [0.1, 0.15) is 5.69 Å². The second kappa shape index (κ2) is 7.48. The van der Waals surface area contributed by atoms with Gasteiger partial charge in [0.15, 0.2) is 0 Å². The molecular formula is C14H13N5O3. The maximum Gasteiger partial charge on any atom is 0.342 e. The molecule has 0 radical (unpaired) electrons. The van der Waals surface area contributed by atoms with Gasteiger partial charge in [0, 0.05) is 6.21 Å². The van der Waals surface area contributed by atoms with Gasteiger partial charge < -0.3 is 0 Å². The number of H-pyrrole nitrogens is 2. The lowest BCUT2D eigenvalue weighted by Crippen LogP contribution is -2.31. The second-order valence-electron chi connectivity index (χ2n) is 4.21. The number of allylic oxidation sites excluding steroid dienone is 1. The maximum atomic E-state index is 11.5. The second-order valence-corrected chi connectivity index (χ2v) is 4.21. The molecule has 1 heterocycles. The molecule has 0 spiro atoms. The van der Waals surface area contributed by atoms with Gasteiger partial charge in [0.25, 0.3) is 5.56 Å². The highest BCUT2D eigenvalue weighted by Crippen LogP contribution is 1.99. The first-order chi connectivity index (χ1) is 10.6. The molecular weight excluding hydrogens is 286 g/mol. The first-order valence-electron chi connectivity index (χ1n) is 6.36. The van der Waals surface area contributed by atoms with Crippen LogP contribution in [-0.2, 0) is 11.2 Å². The number of nitrogens with one attached hydrogen (secondary N) is 3. The van der Waals surface area contributed by atoms with Crippen molar-refractivity contribution in [3.63, 3.8) is 0 Å². The fourth-order valence-electron chi connectivity index (χ4n) is 1.55. The molecule has 1 aromatic carbocycles. The van der Waals surface area contributed by atoms with Gasteiger partial charge in [-0.1, -0.05) is 36.4 Å². The van der Waals surface area contributed by atoms with Crippen molar-refractivity contribution in [3.05, 3.63) is 68.5 Å². The standard InChI is InChI=1S/C14H13N5O3/c20-12(9-11-13(21)16-14(22)19-17-11)18-15-8-4-7-10-5-2-1-3-6-10/h1-8H,9H2,(H,18,20)(H2,16,19,21,22). The van der Waals surface area contributed by atoms with Gasteiger partial charge in [-0.05, 0) is 11.6 Å². The summed E-state index contributed by atoms with van der Waals surface area (Å²) in [7, 11) is 0. The van der Waals surface area contributed by atoms with Crippen LogP contribution < -0.4 is 16.7 Å². The van der Waals surface area contributed by atoms with Gasteiger partial charge in [-0.2, -0.15) is 10.2 Å². The Bertz CT molecular complexity index is 805. The number of hydrogen-bond acceptors (Lipinski definition) is 5. The highest BCUT2D eigenvalue weighted by atomic mass is 16.2. The Kier molecular flexibility index (Phi) is 5.14. The Balaban J connectivity index is 1.85. The van der Waals surface area contributed by atoms with Crippen LogP contribution in [0.3, 0.4) is 0 Å². The van der Waals surface area contributed by atoms with E-state index in [9.17, 15) is 14.4 Å². The molecule has 0 saturated heterocycles. The zero-order valence-corrected chi connectivity index (χ0v) is 11.4. The lowest BCUT2D eigenvalue weighted by atomic mass is 10.2. The average Bonchev–Trinajstić information content (AvgIpc) is 2.51. The van der Waals surface area contributed by atoms with Gasteiger partial charge >= 0.3 is 5.69 Å². The molecule has 112 valence electrons. The molecule has 0 atom stereocenters. The molecule has 0 aliphatic rings. The lowest BCUT2D eigenvalue weighted by molar-refractivity contribution is -0.120. The van der Waals surface area contributed by atoms with E-state index in [0.29, 0.717) is 0 Å². The van der Waals surface area contributed by atoms with E-state index in [1.165, 1.54) is 6.21 Å². The number of hydrogen-bond donors (Lipinski definition) is 3. The first-order valence-corrected chi connectivity index (χ1v) is 6.36. The highest BCUT2D eigenvalue weighted by Gasteiger charge is 2.08. The third-order valence-electron chi connectivity index (χ3n) is 2.55. The van der Waals surface area contributed by atoms with Crippen LogP contribution in [0.2, 0.25) is 0 Å². The Labute approximate surface area is 124 Å². The van der Waals surface area contributed by atoms with Crippen LogP contribution in [0.4, 0.5) is 0 Å². The summed E-state index contributed by atoms with van der Waals surface area (Å²) in [6, 6.07) is 9.59. The molecule has 1 amide bonds. The van der Waals surface area contributed by atoms with Gasteiger partial charge in [0.05, 0.1) is 6.42 Å². The highest BCUT2D eigenvalue weighted by molar-refractivity contribution is 5.82. The Hall–Kier alpha value is -3.29. The van der Waals surface area contributed by atoms with Crippen molar-refractivity contribution in [3.8, 4) is 0 Å². The fraction of sp³-hybridized carbons (Fsp3) is 0.0714. The Morgan fingerprint density at radius 3 is 2.77 bits per heavy atom. The van der Waals surface area contributed by atoms with E-state index in [0.717, 1.165) is 5.56 Å². The monoisotopic (exact) mass is 299 g/mol.